The molecule has 2 amide bonds. The predicted molar refractivity (Wildman–Crippen MR) is 122 cm³/mol. The summed E-state index contributed by atoms with van der Waals surface area (Å²) < 4.78 is 18.9. The number of rotatable bonds is 6. The van der Waals surface area contributed by atoms with Gasteiger partial charge >= 0.3 is 0 Å². The van der Waals surface area contributed by atoms with E-state index in [4.69, 9.17) is 16.3 Å². The smallest absolute Gasteiger partial charge is 0.253 e. The summed E-state index contributed by atoms with van der Waals surface area (Å²) in [4.78, 5) is 29.1. The van der Waals surface area contributed by atoms with Gasteiger partial charge in [-0.2, -0.15) is 0 Å². The Morgan fingerprint density at radius 1 is 1.19 bits per heavy atom. The second-order valence-electron chi connectivity index (χ2n) is 8.30. The Labute approximate surface area is 192 Å². The van der Waals surface area contributed by atoms with E-state index in [9.17, 15) is 14.0 Å². The van der Waals surface area contributed by atoms with Gasteiger partial charge in [-0.15, -0.1) is 0 Å². The number of carbonyl (C=O) groups is 2. The van der Waals surface area contributed by atoms with Crippen molar-refractivity contribution in [1.29, 1.82) is 0 Å². The minimum absolute atomic E-state index is 0.0181. The van der Waals surface area contributed by atoms with Crippen LogP contribution in [0.2, 0.25) is 5.02 Å². The fourth-order valence-corrected chi connectivity index (χ4v) is 4.55. The molecule has 0 aliphatic carbocycles. The summed E-state index contributed by atoms with van der Waals surface area (Å²) in [6, 6.07) is 10.1. The number of piperidine rings is 1. The lowest BCUT2D eigenvalue weighted by Crippen LogP contribution is -2.44. The normalized spacial score (nSPS) is 17.6. The van der Waals surface area contributed by atoms with Crippen LogP contribution in [0.5, 0.6) is 5.75 Å². The lowest BCUT2D eigenvalue weighted by molar-refractivity contribution is -0.117. The van der Waals surface area contributed by atoms with Crippen LogP contribution in [0.4, 0.5) is 10.1 Å². The van der Waals surface area contributed by atoms with E-state index >= 15 is 0 Å². The molecule has 2 aliphatic heterocycles. The van der Waals surface area contributed by atoms with Crippen molar-refractivity contribution in [3.63, 3.8) is 0 Å². The van der Waals surface area contributed by atoms with Gasteiger partial charge in [0.05, 0.1) is 18.4 Å². The number of nitrogens with one attached hydrogen (secondary N) is 1. The van der Waals surface area contributed by atoms with Crippen molar-refractivity contribution < 1.29 is 18.7 Å². The number of halogens is 2. The monoisotopic (exact) mass is 459 g/mol. The van der Waals surface area contributed by atoms with Crippen molar-refractivity contribution in [2.45, 2.75) is 38.3 Å². The van der Waals surface area contributed by atoms with E-state index in [1.165, 1.54) is 13.2 Å². The molecule has 0 unspecified atom stereocenters. The van der Waals surface area contributed by atoms with Crippen molar-refractivity contribution in [2.75, 3.05) is 31.6 Å². The maximum Gasteiger partial charge on any atom is 0.253 e. The van der Waals surface area contributed by atoms with Crippen molar-refractivity contribution in [3.05, 3.63) is 58.4 Å². The molecule has 0 radical (unpaired) electrons. The van der Waals surface area contributed by atoms with E-state index in [1.54, 1.807) is 29.2 Å². The van der Waals surface area contributed by atoms with Crippen LogP contribution in [0.3, 0.4) is 0 Å². The van der Waals surface area contributed by atoms with Gasteiger partial charge in [0.1, 0.15) is 0 Å². The third-order valence-electron chi connectivity index (χ3n) is 6.11. The number of likely N-dealkylation sites (tertiary alicyclic amines) is 1. The lowest BCUT2D eigenvalue weighted by Gasteiger charge is -2.32. The second-order valence-corrected chi connectivity index (χ2v) is 8.74. The molecule has 2 saturated heterocycles. The molecule has 0 bridgehead atoms. The summed E-state index contributed by atoms with van der Waals surface area (Å²) in [5.74, 6) is -0.286. The quantitative estimate of drug-likeness (QED) is 0.709. The number of ether oxygens (including phenoxy) is 1. The topological polar surface area (TPSA) is 61.9 Å². The van der Waals surface area contributed by atoms with Crippen molar-refractivity contribution >= 4 is 29.1 Å². The number of methoxy groups -OCH3 is 1. The lowest BCUT2D eigenvalue weighted by atomic mass is 10.0. The van der Waals surface area contributed by atoms with Gasteiger partial charge in [0, 0.05) is 43.7 Å². The molecule has 170 valence electrons. The highest BCUT2D eigenvalue weighted by Gasteiger charge is 2.28. The summed E-state index contributed by atoms with van der Waals surface area (Å²) in [5, 5.41) is 3.62. The minimum atomic E-state index is -0.359. The van der Waals surface area contributed by atoms with E-state index in [0.29, 0.717) is 35.8 Å². The van der Waals surface area contributed by atoms with Crippen LogP contribution < -0.4 is 15.0 Å². The molecular formula is C24H27ClFN3O3. The van der Waals surface area contributed by atoms with E-state index in [0.717, 1.165) is 37.9 Å². The average molecular weight is 460 g/mol. The van der Waals surface area contributed by atoms with E-state index in [1.807, 2.05) is 6.07 Å². The molecule has 0 saturated carbocycles. The summed E-state index contributed by atoms with van der Waals surface area (Å²) in [6.07, 6.45) is 2.87. The number of hydrogen-bond donors (Lipinski definition) is 1. The van der Waals surface area contributed by atoms with E-state index < -0.39 is 0 Å². The first-order valence-electron chi connectivity index (χ1n) is 10.9. The third kappa shape index (κ3) is 5.05. The van der Waals surface area contributed by atoms with Crippen LogP contribution in [0.1, 0.15) is 41.6 Å². The molecule has 8 heteroatoms. The molecule has 2 aromatic carbocycles. The number of amides is 2. The Bertz CT molecular complexity index is 1010. The number of benzene rings is 2. The van der Waals surface area contributed by atoms with Crippen LogP contribution >= 0.6 is 11.6 Å². The van der Waals surface area contributed by atoms with Gasteiger partial charge in [-0.3, -0.25) is 14.5 Å². The van der Waals surface area contributed by atoms with Gasteiger partial charge in [0.25, 0.3) is 5.91 Å². The Morgan fingerprint density at radius 3 is 2.62 bits per heavy atom. The molecule has 2 fully saturated rings. The van der Waals surface area contributed by atoms with Gasteiger partial charge < -0.3 is 15.0 Å². The van der Waals surface area contributed by atoms with Crippen molar-refractivity contribution in [1.82, 2.24) is 10.2 Å². The third-order valence-corrected chi connectivity index (χ3v) is 6.35. The van der Waals surface area contributed by atoms with Crippen LogP contribution in [-0.4, -0.2) is 49.5 Å². The van der Waals surface area contributed by atoms with Crippen molar-refractivity contribution in [3.8, 4) is 5.75 Å². The Hall–Kier alpha value is -2.64. The molecule has 0 aromatic heterocycles. The van der Waals surface area contributed by atoms with Gasteiger partial charge in [-0.05, 0) is 55.2 Å². The zero-order chi connectivity index (χ0) is 22.7. The first-order chi connectivity index (χ1) is 15.4. The number of anilines is 1. The number of nitrogens with zero attached hydrogens (tertiary/aromatic N) is 2. The molecule has 1 N–H and O–H groups in total. The largest absolute Gasteiger partial charge is 0.494 e. The van der Waals surface area contributed by atoms with Gasteiger partial charge in [0.15, 0.2) is 11.6 Å². The molecule has 0 atom stereocenters. The maximum atomic E-state index is 13.9. The molecular weight excluding hydrogens is 433 g/mol. The molecule has 2 aliphatic rings. The number of hydrogen-bond acceptors (Lipinski definition) is 4. The summed E-state index contributed by atoms with van der Waals surface area (Å²) in [7, 11) is 1.45. The van der Waals surface area contributed by atoms with Crippen LogP contribution in [-0.2, 0) is 11.3 Å². The zero-order valence-corrected chi connectivity index (χ0v) is 18.8. The summed E-state index contributed by atoms with van der Waals surface area (Å²) in [6.45, 7) is 2.86. The van der Waals surface area contributed by atoms with E-state index in [2.05, 4.69) is 10.2 Å². The standard InChI is InChI=1S/C24H27ClFN3O3/c1-32-22-7-4-16(13-20(22)26)15-28-11-8-18(9-12-28)27-24(31)19-6-5-17(25)14-21(19)29-10-2-3-23(29)30/h4-7,13-14,18H,2-3,8-12,15H2,1H3,(H,27,31). The second kappa shape index (κ2) is 9.88. The van der Waals surface area contributed by atoms with Crippen LogP contribution in [0.15, 0.2) is 36.4 Å². The average Bonchev–Trinajstić information content (AvgIpc) is 3.21. The van der Waals surface area contributed by atoms with Gasteiger partial charge in [-0.25, -0.2) is 4.39 Å². The van der Waals surface area contributed by atoms with Crippen LogP contribution in [0, 0.1) is 5.82 Å². The molecule has 6 nitrogen and oxygen atoms in total. The summed E-state index contributed by atoms with van der Waals surface area (Å²) >= 11 is 6.14. The van der Waals surface area contributed by atoms with E-state index in [-0.39, 0.29) is 29.4 Å². The molecule has 32 heavy (non-hydrogen) atoms. The van der Waals surface area contributed by atoms with Crippen molar-refractivity contribution in [2.24, 2.45) is 0 Å². The first-order valence-corrected chi connectivity index (χ1v) is 11.3. The highest BCUT2D eigenvalue weighted by molar-refractivity contribution is 6.31. The Morgan fingerprint density at radius 2 is 1.97 bits per heavy atom. The maximum absolute atomic E-state index is 13.9. The highest BCUT2D eigenvalue weighted by atomic mass is 35.5. The molecule has 0 spiro atoms. The Kier molecular flexibility index (Phi) is 6.96. The van der Waals surface area contributed by atoms with Crippen LogP contribution in [0.25, 0.3) is 0 Å². The fourth-order valence-electron chi connectivity index (χ4n) is 4.39. The van der Waals surface area contributed by atoms with Gasteiger partial charge in [-0.1, -0.05) is 17.7 Å². The zero-order valence-electron chi connectivity index (χ0n) is 18.1. The Balaban J connectivity index is 1.35. The molecule has 2 aromatic rings. The summed E-state index contributed by atoms with van der Waals surface area (Å²) in [5.41, 5.74) is 1.95. The first kappa shape index (κ1) is 22.6. The SMILES string of the molecule is COc1ccc(CN2CCC(NC(=O)c3ccc(Cl)cc3N3CCCC3=O)CC2)cc1F. The minimum Gasteiger partial charge on any atom is -0.494 e. The molecule has 2 heterocycles. The fraction of sp³-hybridized carbons (Fsp3) is 0.417. The number of carbonyl (C=O) groups excluding carboxylic acids is 2. The highest BCUT2D eigenvalue weighted by Crippen LogP contribution is 2.29. The molecule has 4 rings (SSSR count). The van der Waals surface area contributed by atoms with Gasteiger partial charge in [0.2, 0.25) is 5.91 Å². The predicted octanol–water partition coefficient (Wildman–Crippen LogP) is 4.01.